The van der Waals surface area contributed by atoms with Crippen molar-refractivity contribution in [1.82, 2.24) is 0 Å². The third-order valence-electron chi connectivity index (χ3n) is 2.33. The van der Waals surface area contributed by atoms with E-state index in [9.17, 15) is 0 Å². The normalized spacial score (nSPS) is 8.96. The van der Waals surface area contributed by atoms with Crippen LogP contribution in [0.25, 0.3) is 0 Å². The third-order valence-corrected chi connectivity index (χ3v) is 2.68. The molecule has 0 atom stereocenters. The van der Waals surface area contributed by atoms with Crippen LogP contribution in [0.1, 0.15) is 5.56 Å². The maximum absolute atomic E-state index is 8.74. The zero-order valence-corrected chi connectivity index (χ0v) is 15.6. The van der Waals surface area contributed by atoms with Gasteiger partial charge in [-0.3, -0.25) is 9.11 Å². The Balaban J connectivity index is 0. The number of benzene rings is 2. The standard InChI is InChI=1S/C8H10O2S.C7H8.N2.H2O4S/c1-9-6-3-4-7(10-2)8(11)5-6;1-7-5-3-2-4-6-7;1-2;1-5(2,3)4/h3-5,11H,1-2H3;2-6H,1H3;;(H2,1,2,3,4). The lowest BCUT2D eigenvalue weighted by Crippen LogP contribution is -1.89. The number of ether oxygens (including phenoxy) is 2. The average Bonchev–Trinajstić information content (AvgIpc) is 2.56. The number of thiol groups is 1. The summed E-state index contributed by atoms with van der Waals surface area (Å²) in [7, 11) is -1.43. The van der Waals surface area contributed by atoms with Crippen molar-refractivity contribution in [3.63, 3.8) is 0 Å². The monoisotopic (exact) mass is 388 g/mol. The molecule has 0 spiro atoms. The molecule has 0 saturated heterocycles. The number of nitrogens with zero attached hydrogens (tertiary/aromatic N) is 2. The summed E-state index contributed by atoms with van der Waals surface area (Å²) in [6.45, 7) is 2.08. The molecule has 138 valence electrons. The second-order valence-electron chi connectivity index (χ2n) is 4.14. The van der Waals surface area contributed by atoms with E-state index in [1.807, 2.05) is 36.4 Å². The van der Waals surface area contributed by atoms with Gasteiger partial charge in [0.2, 0.25) is 0 Å². The van der Waals surface area contributed by atoms with E-state index in [2.05, 4.69) is 31.7 Å². The minimum Gasteiger partial charge on any atom is -0.497 e. The second-order valence-corrected chi connectivity index (χ2v) is 5.52. The molecule has 25 heavy (non-hydrogen) atoms. The quantitative estimate of drug-likeness (QED) is 0.404. The van der Waals surface area contributed by atoms with Crippen LogP contribution in [0.3, 0.4) is 0 Å². The van der Waals surface area contributed by atoms with E-state index in [1.54, 1.807) is 14.2 Å². The lowest BCUT2D eigenvalue weighted by Gasteiger charge is -2.04. The summed E-state index contributed by atoms with van der Waals surface area (Å²) in [5, 5.41) is 12.0. The molecule has 2 N–H and O–H groups in total. The number of methoxy groups -OCH3 is 2. The van der Waals surface area contributed by atoms with Crippen LogP contribution in [0.2, 0.25) is 0 Å². The van der Waals surface area contributed by atoms with Gasteiger partial charge in [-0.05, 0) is 25.1 Å². The Hall–Kier alpha value is -2.32. The van der Waals surface area contributed by atoms with Gasteiger partial charge in [-0.25, -0.2) is 0 Å². The van der Waals surface area contributed by atoms with Crippen molar-refractivity contribution < 1.29 is 27.0 Å². The first kappa shape index (κ1) is 24.9. The molecule has 10 heteroatoms. The first-order chi connectivity index (χ1) is 11.7. The molecule has 2 aromatic rings. The zero-order chi connectivity index (χ0) is 19.9. The molecule has 0 aliphatic rings. The number of aryl methyl sites for hydroxylation is 1. The van der Waals surface area contributed by atoms with Crippen LogP contribution < -0.4 is 9.47 Å². The van der Waals surface area contributed by atoms with Gasteiger partial charge in [-0.2, -0.15) is 8.42 Å². The highest BCUT2D eigenvalue weighted by Gasteiger charge is 1.98. The van der Waals surface area contributed by atoms with E-state index in [4.69, 9.17) is 37.8 Å². The molecule has 0 aliphatic carbocycles. The van der Waals surface area contributed by atoms with Crippen LogP contribution >= 0.6 is 12.6 Å². The fourth-order valence-corrected chi connectivity index (χ4v) is 1.62. The highest BCUT2D eigenvalue weighted by atomic mass is 32.3. The fraction of sp³-hybridized carbons (Fsp3) is 0.200. The maximum Gasteiger partial charge on any atom is 0.394 e. The first-order valence-electron chi connectivity index (χ1n) is 6.50. The topological polar surface area (TPSA) is 141 Å². The van der Waals surface area contributed by atoms with Gasteiger partial charge in [0.1, 0.15) is 11.5 Å². The van der Waals surface area contributed by atoms with Gasteiger partial charge in [0.05, 0.1) is 14.2 Å². The molecule has 0 aromatic heterocycles. The van der Waals surface area contributed by atoms with Crippen LogP contribution in [-0.2, 0) is 10.4 Å². The minimum absolute atomic E-state index is 0.758. The van der Waals surface area contributed by atoms with Gasteiger partial charge in [0.25, 0.3) is 0 Å². The summed E-state index contributed by atoms with van der Waals surface area (Å²) in [6.07, 6.45) is 0. The number of hydrogen-bond donors (Lipinski definition) is 3. The molecule has 0 saturated carbocycles. The highest BCUT2D eigenvalue weighted by Crippen LogP contribution is 2.26. The Kier molecular flexibility index (Phi) is 14.0. The summed E-state index contributed by atoms with van der Waals surface area (Å²) in [5.74, 6) is 1.55. The van der Waals surface area contributed by atoms with E-state index >= 15 is 0 Å². The van der Waals surface area contributed by atoms with Gasteiger partial charge in [0.15, 0.2) is 0 Å². The molecule has 0 radical (unpaired) electrons. The number of hydrogen-bond acceptors (Lipinski definition) is 7. The van der Waals surface area contributed by atoms with Crippen molar-refractivity contribution in [3.8, 4) is 11.5 Å². The summed E-state index contributed by atoms with van der Waals surface area (Å²) in [6, 6.07) is 15.7. The van der Waals surface area contributed by atoms with Crippen LogP contribution in [-0.4, -0.2) is 31.7 Å². The molecule has 0 unspecified atom stereocenters. The fourth-order valence-electron chi connectivity index (χ4n) is 1.33. The Bertz CT molecular complexity index is 713. The lowest BCUT2D eigenvalue weighted by atomic mass is 10.2. The molecule has 0 bridgehead atoms. The first-order valence-corrected chi connectivity index (χ1v) is 8.34. The van der Waals surface area contributed by atoms with Crippen LogP contribution in [0.4, 0.5) is 0 Å². The molecule has 8 nitrogen and oxygen atoms in total. The summed E-state index contributed by atoms with van der Waals surface area (Å²) in [5.41, 5.74) is 1.32. The van der Waals surface area contributed by atoms with Crippen molar-refractivity contribution >= 4 is 23.0 Å². The van der Waals surface area contributed by atoms with Crippen molar-refractivity contribution in [3.05, 3.63) is 54.1 Å². The minimum atomic E-state index is -4.67. The molecule has 0 amide bonds. The average molecular weight is 388 g/mol. The van der Waals surface area contributed by atoms with Gasteiger partial charge < -0.3 is 9.47 Å². The Labute approximate surface area is 152 Å². The van der Waals surface area contributed by atoms with E-state index in [0.717, 1.165) is 16.4 Å². The molecular weight excluding hydrogens is 368 g/mol. The second kappa shape index (κ2) is 14.1. The summed E-state index contributed by atoms with van der Waals surface area (Å²) >= 11 is 4.20. The van der Waals surface area contributed by atoms with Gasteiger partial charge >= 0.3 is 10.4 Å². The number of rotatable bonds is 2. The Morgan fingerprint density at radius 1 is 0.960 bits per heavy atom. The van der Waals surface area contributed by atoms with Gasteiger partial charge in [0, 0.05) is 15.7 Å². The smallest absolute Gasteiger partial charge is 0.394 e. The van der Waals surface area contributed by atoms with E-state index in [0.29, 0.717) is 0 Å². The van der Waals surface area contributed by atoms with E-state index in [-0.39, 0.29) is 0 Å². The maximum atomic E-state index is 8.74. The Morgan fingerprint density at radius 2 is 1.44 bits per heavy atom. The lowest BCUT2D eigenvalue weighted by molar-refractivity contribution is 0.381. The summed E-state index contributed by atoms with van der Waals surface area (Å²) < 4.78 is 41.6. The van der Waals surface area contributed by atoms with Crippen molar-refractivity contribution in [2.75, 3.05) is 14.2 Å². The predicted octanol–water partition coefficient (Wildman–Crippen LogP) is 3.36. The highest BCUT2D eigenvalue weighted by molar-refractivity contribution is 7.80. The van der Waals surface area contributed by atoms with E-state index in [1.165, 1.54) is 5.56 Å². The molecule has 0 fully saturated rings. The largest absolute Gasteiger partial charge is 0.497 e. The molecule has 0 aliphatic heterocycles. The van der Waals surface area contributed by atoms with Crippen molar-refractivity contribution in [2.45, 2.75) is 11.8 Å². The zero-order valence-electron chi connectivity index (χ0n) is 13.9. The molecular formula is C15H20N2O6S2. The molecule has 2 aromatic carbocycles. The predicted molar refractivity (Wildman–Crippen MR) is 95.6 cm³/mol. The van der Waals surface area contributed by atoms with Crippen LogP contribution in [0.5, 0.6) is 11.5 Å². The van der Waals surface area contributed by atoms with Gasteiger partial charge in [-0.15, -0.1) is 12.6 Å². The van der Waals surface area contributed by atoms with Gasteiger partial charge in [-0.1, -0.05) is 35.9 Å². The van der Waals surface area contributed by atoms with Crippen LogP contribution in [0, 0.1) is 17.7 Å². The Morgan fingerprint density at radius 3 is 1.72 bits per heavy atom. The molecule has 2 rings (SSSR count). The van der Waals surface area contributed by atoms with Crippen molar-refractivity contribution in [1.29, 1.82) is 10.8 Å². The van der Waals surface area contributed by atoms with Crippen LogP contribution in [0.15, 0.2) is 53.4 Å². The van der Waals surface area contributed by atoms with E-state index < -0.39 is 10.4 Å². The molecule has 0 heterocycles. The SMILES string of the molecule is COc1ccc(OC)c(S)c1.Cc1ccccc1.N#N.O=S(=O)(O)O. The third kappa shape index (κ3) is 16.3. The van der Waals surface area contributed by atoms with Crippen molar-refractivity contribution in [2.24, 2.45) is 0 Å². The summed E-state index contributed by atoms with van der Waals surface area (Å²) in [4.78, 5) is 0.784.